The quantitative estimate of drug-likeness (QED) is 0.689. The predicted molar refractivity (Wildman–Crippen MR) is 76.0 cm³/mol. The van der Waals surface area contributed by atoms with E-state index in [0.29, 0.717) is 18.5 Å². The lowest BCUT2D eigenvalue weighted by atomic mass is 10.1. The van der Waals surface area contributed by atoms with E-state index in [1.165, 1.54) is 12.1 Å². The summed E-state index contributed by atoms with van der Waals surface area (Å²) in [6.45, 7) is 1.94. The molecular formula is C15H17FN2O3. The van der Waals surface area contributed by atoms with E-state index in [0.717, 1.165) is 6.07 Å². The Hall–Kier alpha value is -2.39. The van der Waals surface area contributed by atoms with Gasteiger partial charge in [0.15, 0.2) is 0 Å². The van der Waals surface area contributed by atoms with E-state index in [1.54, 1.807) is 6.92 Å². The van der Waals surface area contributed by atoms with Crippen molar-refractivity contribution in [1.29, 1.82) is 0 Å². The average molecular weight is 292 g/mol. The van der Waals surface area contributed by atoms with Gasteiger partial charge in [0.2, 0.25) is 5.91 Å². The summed E-state index contributed by atoms with van der Waals surface area (Å²) in [6, 6.07) is 3.90. The first-order chi connectivity index (χ1) is 10.1. The smallest absolute Gasteiger partial charge is 0.254 e. The summed E-state index contributed by atoms with van der Waals surface area (Å²) in [4.78, 5) is 23.1. The fraction of sp³-hybridized carbons (Fsp3) is 0.333. The van der Waals surface area contributed by atoms with Gasteiger partial charge < -0.3 is 15.7 Å². The van der Waals surface area contributed by atoms with Gasteiger partial charge in [-0.15, -0.1) is 0 Å². The van der Waals surface area contributed by atoms with Crippen molar-refractivity contribution in [1.82, 2.24) is 10.6 Å². The Morgan fingerprint density at radius 1 is 1.33 bits per heavy atom. The molecule has 21 heavy (non-hydrogen) atoms. The first kappa shape index (κ1) is 16.7. The monoisotopic (exact) mass is 292 g/mol. The third-order valence-electron chi connectivity index (χ3n) is 2.46. The molecule has 1 rings (SSSR count). The summed E-state index contributed by atoms with van der Waals surface area (Å²) in [7, 11) is 0. The van der Waals surface area contributed by atoms with E-state index >= 15 is 0 Å². The second-order valence-electron chi connectivity index (χ2n) is 4.11. The highest BCUT2D eigenvalue weighted by Crippen LogP contribution is 2.10. The molecule has 0 heterocycles. The van der Waals surface area contributed by atoms with E-state index in [9.17, 15) is 14.0 Å². The molecule has 2 amide bonds. The van der Waals surface area contributed by atoms with Gasteiger partial charge in [0, 0.05) is 18.5 Å². The first-order valence-electron chi connectivity index (χ1n) is 6.52. The van der Waals surface area contributed by atoms with Crippen molar-refractivity contribution in [2.45, 2.75) is 13.3 Å². The second-order valence-corrected chi connectivity index (χ2v) is 4.11. The highest BCUT2D eigenvalue weighted by molar-refractivity contribution is 5.97. The molecule has 0 aliphatic carbocycles. The van der Waals surface area contributed by atoms with Crippen LogP contribution in [0.25, 0.3) is 0 Å². The van der Waals surface area contributed by atoms with Crippen molar-refractivity contribution in [3.05, 3.63) is 35.1 Å². The topological polar surface area (TPSA) is 78.4 Å². The Balaban J connectivity index is 2.77. The standard InChI is InChI=1S/C15H17FN2O3/c1-2-17-14(20)10-18-15(21)12-9-11(5-3-4-8-19)6-7-13(12)16/h6-7,9,19H,2,4,8,10H2,1H3,(H,17,20)(H,18,21). The van der Waals surface area contributed by atoms with Gasteiger partial charge in [0.25, 0.3) is 5.91 Å². The zero-order chi connectivity index (χ0) is 15.7. The zero-order valence-corrected chi connectivity index (χ0v) is 11.7. The van der Waals surface area contributed by atoms with Gasteiger partial charge >= 0.3 is 0 Å². The molecule has 1 aromatic carbocycles. The number of hydrogen-bond acceptors (Lipinski definition) is 3. The summed E-state index contributed by atoms with van der Waals surface area (Å²) in [5.74, 6) is 3.70. The van der Waals surface area contributed by atoms with Gasteiger partial charge in [-0.3, -0.25) is 9.59 Å². The maximum Gasteiger partial charge on any atom is 0.254 e. The Labute approximate surface area is 122 Å². The largest absolute Gasteiger partial charge is 0.395 e. The number of aliphatic hydroxyl groups is 1. The first-order valence-corrected chi connectivity index (χ1v) is 6.52. The number of benzene rings is 1. The molecule has 3 N–H and O–H groups in total. The van der Waals surface area contributed by atoms with Crippen LogP contribution in [0.1, 0.15) is 29.3 Å². The SMILES string of the molecule is CCNC(=O)CNC(=O)c1cc(C#CCCO)ccc1F. The summed E-state index contributed by atoms with van der Waals surface area (Å²) in [6.07, 6.45) is 0.302. The van der Waals surface area contributed by atoms with Gasteiger partial charge in [-0.1, -0.05) is 11.8 Å². The number of halogens is 1. The Kier molecular flexibility index (Phi) is 6.92. The number of rotatable bonds is 5. The van der Waals surface area contributed by atoms with Crippen LogP contribution in [-0.2, 0) is 4.79 Å². The van der Waals surface area contributed by atoms with Crippen LogP contribution in [0.15, 0.2) is 18.2 Å². The molecule has 0 radical (unpaired) electrons. The fourth-order valence-electron chi connectivity index (χ4n) is 1.51. The third-order valence-corrected chi connectivity index (χ3v) is 2.46. The molecule has 0 aliphatic rings. The van der Waals surface area contributed by atoms with Gasteiger partial charge in [0.05, 0.1) is 18.7 Å². The molecule has 0 saturated heterocycles. The third kappa shape index (κ3) is 5.63. The predicted octanol–water partition coefficient (Wildman–Crippen LogP) is 0.425. The van der Waals surface area contributed by atoms with Crippen LogP contribution in [0.5, 0.6) is 0 Å². The van der Waals surface area contributed by atoms with E-state index in [4.69, 9.17) is 5.11 Å². The maximum atomic E-state index is 13.6. The summed E-state index contributed by atoms with van der Waals surface area (Å²) in [5, 5.41) is 13.5. The number of amides is 2. The number of carbonyl (C=O) groups excluding carboxylic acids is 2. The van der Waals surface area contributed by atoms with Gasteiger partial charge in [-0.2, -0.15) is 0 Å². The van der Waals surface area contributed by atoms with Crippen molar-refractivity contribution in [3.8, 4) is 11.8 Å². The maximum absolute atomic E-state index is 13.6. The van der Waals surface area contributed by atoms with Crippen molar-refractivity contribution >= 4 is 11.8 Å². The van der Waals surface area contributed by atoms with Crippen LogP contribution in [0, 0.1) is 17.7 Å². The number of likely N-dealkylation sites (N-methyl/N-ethyl adjacent to an activating group) is 1. The fourth-order valence-corrected chi connectivity index (χ4v) is 1.51. The van der Waals surface area contributed by atoms with Crippen LogP contribution < -0.4 is 10.6 Å². The van der Waals surface area contributed by atoms with Crippen molar-refractivity contribution < 1.29 is 19.1 Å². The lowest BCUT2D eigenvalue weighted by Crippen LogP contribution is -2.37. The number of hydrogen-bond donors (Lipinski definition) is 3. The lowest BCUT2D eigenvalue weighted by Gasteiger charge is -2.06. The highest BCUT2D eigenvalue weighted by atomic mass is 19.1. The average Bonchev–Trinajstić information content (AvgIpc) is 2.47. The lowest BCUT2D eigenvalue weighted by molar-refractivity contribution is -0.120. The molecular weight excluding hydrogens is 275 g/mol. The molecule has 0 saturated carbocycles. The second kappa shape index (κ2) is 8.72. The van der Waals surface area contributed by atoms with Gasteiger partial charge in [0.1, 0.15) is 5.82 Å². The number of aliphatic hydroxyl groups excluding tert-OH is 1. The molecule has 0 bridgehead atoms. The van der Waals surface area contributed by atoms with E-state index in [-0.39, 0.29) is 24.6 Å². The van der Waals surface area contributed by atoms with Crippen LogP contribution >= 0.6 is 0 Å². The molecule has 6 heteroatoms. The Morgan fingerprint density at radius 3 is 2.76 bits per heavy atom. The van der Waals surface area contributed by atoms with Crippen LogP contribution in [-0.4, -0.2) is 36.6 Å². The zero-order valence-electron chi connectivity index (χ0n) is 11.7. The minimum Gasteiger partial charge on any atom is -0.395 e. The van der Waals surface area contributed by atoms with Gasteiger partial charge in [-0.05, 0) is 25.1 Å². The number of carbonyl (C=O) groups is 2. The van der Waals surface area contributed by atoms with Gasteiger partial charge in [-0.25, -0.2) is 4.39 Å². The Morgan fingerprint density at radius 2 is 2.10 bits per heavy atom. The molecule has 0 unspecified atom stereocenters. The molecule has 0 spiro atoms. The molecule has 112 valence electrons. The molecule has 5 nitrogen and oxygen atoms in total. The molecule has 0 atom stereocenters. The van der Waals surface area contributed by atoms with Crippen molar-refractivity contribution in [2.75, 3.05) is 19.7 Å². The minimum atomic E-state index is -0.684. The van der Waals surface area contributed by atoms with Crippen molar-refractivity contribution in [3.63, 3.8) is 0 Å². The van der Waals surface area contributed by atoms with E-state index < -0.39 is 11.7 Å². The van der Waals surface area contributed by atoms with E-state index in [2.05, 4.69) is 22.5 Å². The normalized spacial score (nSPS) is 9.48. The van der Waals surface area contributed by atoms with Crippen LogP contribution in [0.4, 0.5) is 4.39 Å². The molecule has 0 fully saturated rings. The summed E-state index contributed by atoms with van der Waals surface area (Å²) >= 11 is 0. The summed E-state index contributed by atoms with van der Waals surface area (Å²) in [5.41, 5.74) is 0.295. The number of nitrogens with one attached hydrogen (secondary N) is 2. The molecule has 0 aliphatic heterocycles. The van der Waals surface area contributed by atoms with Crippen molar-refractivity contribution in [2.24, 2.45) is 0 Å². The molecule has 1 aromatic rings. The molecule has 0 aromatic heterocycles. The van der Waals surface area contributed by atoms with Crippen LogP contribution in [0.2, 0.25) is 0 Å². The Bertz CT molecular complexity index is 576. The highest BCUT2D eigenvalue weighted by Gasteiger charge is 2.13. The minimum absolute atomic E-state index is 0.0614. The summed E-state index contributed by atoms with van der Waals surface area (Å²) < 4.78 is 13.6. The van der Waals surface area contributed by atoms with E-state index in [1.807, 2.05) is 0 Å². The van der Waals surface area contributed by atoms with Crippen LogP contribution in [0.3, 0.4) is 0 Å².